The predicted octanol–water partition coefficient (Wildman–Crippen LogP) is 3.25. The molecule has 1 atom stereocenters. The number of hydrogen-bond acceptors (Lipinski definition) is 6. The molecule has 5 rings (SSSR count). The van der Waals surface area contributed by atoms with Crippen molar-refractivity contribution in [2.75, 3.05) is 13.2 Å². The molecule has 0 saturated carbocycles. The van der Waals surface area contributed by atoms with Crippen molar-refractivity contribution in [1.29, 1.82) is 0 Å². The van der Waals surface area contributed by atoms with E-state index in [9.17, 15) is 4.79 Å². The SMILES string of the molecule is Cc1cccc2cc(CN(Cc3nnnn3CCc3ccccc3)C[C@H]3CCCO3)c(=O)[nH]c12. The number of rotatable bonds is 9. The molecule has 0 unspecified atom stereocenters. The maximum Gasteiger partial charge on any atom is 0.252 e. The van der Waals surface area contributed by atoms with Crippen molar-refractivity contribution in [3.8, 4) is 0 Å². The molecule has 1 N–H and O–H groups in total. The number of nitrogens with zero attached hydrogens (tertiary/aromatic N) is 5. The maximum atomic E-state index is 12.9. The van der Waals surface area contributed by atoms with Crippen LogP contribution in [0.25, 0.3) is 10.9 Å². The second-order valence-electron chi connectivity index (χ2n) is 9.02. The zero-order valence-electron chi connectivity index (χ0n) is 19.5. The van der Waals surface area contributed by atoms with E-state index in [1.54, 1.807) is 0 Å². The first-order chi connectivity index (χ1) is 16.7. The number of fused-ring (bicyclic) bond motifs is 1. The van der Waals surface area contributed by atoms with Gasteiger partial charge in [0.15, 0.2) is 5.82 Å². The minimum absolute atomic E-state index is 0.0530. The first-order valence-electron chi connectivity index (χ1n) is 11.9. The van der Waals surface area contributed by atoms with Gasteiger partial charge in [0.05, 0.1) is 18.2 Å². The molecular weight excluding hydrogens is 428 g/mol. The lowest BCUT2D eigenvalue weighted by molar-refractivity contribution is 0.0663. The second kappa shape index (κ2) is 10.3. The highest BCUT2D eigenvalue weighted by atomic mass is 16.5. The fraction of sp³-hybridized carbons (Fsp3) is 0.385. The van der Waals surface area contributed by atoms with Gasteiger partial charge in [0.1, 0.15) is 0 Å². The van der Waals surface area contributed by atoms with Crippen LogP contribution in [0.15, 0.2) is 59.4 Å². The summed E-state index contributed by atoms with van der Waals surface area (Å²) in [5, 5.41) is 13.5. The van der Waals surface area contributed by atoms with Gasteiger partial charge in [-0.1, -0.05) is 48.5 Å². The van der Waals surface area contributed by atoms with Crippen LogP contribution >= 0.6 is 0 Å². The van der Waals surface area contributed by atoms with Crippen LogP contribution in [-0.4, -0.2) is 49.3 Å². The number of ether oxygens (including phenoxy) is 1. The molecule has 1 fully saturated rings. The lowest BCUT2D eigenvalue weighted by Crippen LogP contribution is -2.34. The van der Waals surface area contributed by atoms with Crippen LogP contribution in [0, 0.1) is 6.92 Å². The monoisotopic (exact) mass is 458 g/mol. The summed E-state index contributed by atoms with van der Waals surface area (Å²) in [6, 6.07) is 18.4. The van der Waals surface area contributed by atoms with Crippen LogP contribution in [0.1, 0.15) is 35.4 Å². The molecule has 0 bridgehead atoms. The number of para-hydroxylation sites is 1. The third-order valence-corrected chi connectivity index (χ3v) is 6.47. The van der Waals surface area contributed by atoms with Crippen molar-refractivity contribution >= 4 is 10.9 Å². The van der Waals surface area contributed by atoms with Gasteiger partial charge in [-0.05, 0) is 59.2 Å². The van der Waals surface area contributed by atoms with Gasteiger partial charge in [-0.2, -0.15) is 0 Å². The minimum atomic E-state index is -0.0530. The highest BCUT2D eigenvalue weighted by molar-refractivity contribution is 5.81. The third kappa shape index (κ3) is 5.24. The number of benzene rings is 2. The zero-order chi connectivity index (χ0) is 23.3. The number of H-pyrrole nitrogens is 1. The molecular formula is C26H30N6O2. The standard InChI is InChI=1S/C26H30N6O2/c1-19-7-5-10-21-15-22(26(33)27-25(19)21)16-31(17-23-11-6-14-34-23)18-24-28-29-30-32(24)13-12-20-8-3-2-4-9-20/h2-5,7-10,15,23H,6,11-14,16-18H2,1H3,(H,27,33)/t23-/m1/s1. The molecule has 0 aliphatic carbocycles. The van der Waals surface area contributed by atoms with Crippen molar-refractivity contribution in [2.45, 2.75) is 51.9 Å². The fourth-order valence-corrected chi connectivity index (χ4v) is 4.64. The third-order valence-electron chi connectivity index (χ3n) is 6.47. The molecule has 1 aliphatic heterocycles. The van der Waals surface area contributed by atoms with Crippen LogP contribution in [-0.2, 0) is 30.8 Å². The predicted molar refractivity (Wildman–Crippen MR) is 130 cm³/mol. The van der Waals surface area contributed by atoms with Gasteiger partial charge in [0.25, 0.3) is 5.56 Å². The average molecular weight is 459 g/mol. The number of tetrazole rings is 1. The molecule has 34 heavy (non-hydrogen) atoms. The van der Waals surface area contributed by atoms with E-state index in [0.29, 0.717) is 19.6 Å². The highest BCUT2D eigenvalue weighted by Crippen LogP contribution is 2.19. The first kappa shape index (κ1) is 22.4. The van der Waals surface area contributed by atoms with Crippen molar-refractivity contribution in [1.82, 2.24) is 30.1 Å². The van der Waals surface area contributed by atoms with Gasteiger partial charge in [-0.25, -0.2) is 4.68 Å². The highest BCUT2D eigenvalue weighted by Gasteiger charge is 2.22. The second-order valence-corrected chi connectivity index (χ2v) is 9.02. The first-order valence-corrected chi connectivity index (χ1v) is 11.9. The molecule has 1 aliphatic rings. The summed E-state index contributed by atoms with van der Waals surface area (Å²) >= 11 is 0. The Kier molecular flexibility index (Phi) is 6.78. The molecule has 0 radical (unpaired) electrons. The molecule has 0 amide bonds. The number of aromatic nitrogens is 5. The van der Waals surface area contributed by atoms with Crippen molar-refractivity contribution < 1.29 is 4.74 Å². The van der Waals surface area contributed by atoms with Crippen LogP contribution < -0.4 is 5.56 Å². The van der Waals surface area contributed by atoms with Crippen molar-refractivity contribution in [3.63, 3.8) is 0 Å². The quantitative estimate of drug-likeness (QED) is 0.414. The van der Waals surface area contributed by atoms with E-state index in [0.717, 1.165) is 60.3 Å². The summed E-state index contributed by atoms with van der Waals surface area (Å²) in [4.78, 5) is 18.2. The van der Waals surface area contributed by atoms with Crippen molar-refractivity contribution in [2.24, 2.45) is 0 Å². The number of hydrogen-bond donors (Lipinski definition) is 1. The molecule has 4 aromatic rings. The Bertz CT molecular complexity index is 1290. The molecule has 3 heterocycles. The lowest BCUT2D eigenvalue weighted by Gasteiger charge is -2.24. The Morgan fingerprint density at radius 3 is 2.85 bits per heavy atom. The Labute approximate surface area is 198 Å². The van der Waals surface area contributed by atoms with E-state index < -0.39 is 0 Å². The van der Waals surface area contributed by atoms with Gasteiger partial charge in [-0.3, -0.25) is 9.69 Å². The van der Waals surface area contributed by atoms with E-state index >= 15 is 0 Å². The summed E-state index contributed by atoms with van der Waals surface area (Å²) in [7, 11) is 0. The number of pyridine rings is 1. The summed E-state index contributed by atoms with van der Waals surface area (Å²) < 4.78 is 7.77. The van der Waals surface area contributed by atoms with E-state index in [-0.39, 0.29) is 11.7 Å². The number of nitrogens with one attached hydrogen (secondary N) is 1. The van der Waals surface area contributed by atoms with Gasteiger partial charge in [0.2, 0.25) is 0 Å². The van der Waals surface area contributed by atoms with Gasteiger partial charge in [0, 0.05) is 31.8 Å². The maximum absolute atomic E-state index is 12.9. The summed E-state index contributed by atoms with van der Waals surface area (Å²) in [6.07, 6.45) is 3.12. The number of aromatic amines is 1. The van der Waals surface area contributed by atoms with Gasteiger partial charge in [-0.15, -0.1) is 5.10 Å². The molecule has 1 saturated heterocycles. The van der Waals surface area contributed by atoms with E-state index in [1.165, 1.54) is 5.56 Å². The summed E-state index contributed by atoms with van der Waals surface area (Å²) in [5.41, 5.74) is 3.89. The molecule has 176 valence electrons. The van der Waals surface area contributed by atoms with E-state index in [4.69, 9.17) is 4.74 Å². The van der Waals surface area contributed by atoms with Gasteiger partial charge >= 0.3 is 0 Å². The Morgan fingerprint density at radius 1 is 1.15 bits per heavy atom. The van der Waals surface area contributed by atoms with Crippen LogP contribution in [0.2, 0.25) is 0 Å². The molecule has 8 heteroatoms. The fourth-order valence-electron chi connectivity index (χ4n) is 4.64. The van der Waals surface area contributed by atoms with Crippen LogP contribution in [0.5, 0.6) is 0 Å². The number of aryl methyl sites for hydroxylation is 3. The van der Waals surface area contributed by atoms with Crippen LogP contribution in [0.4, 0.5) is 0 Å². The van der Waals surface area contributed by atoms with Crippen molar-refractivity contribution in [3.05, 3.63) is 87.5 Å². The Balaban J connectivity index is 1.36. The van der Waals surface area contributed by atoms with Crippen LogP contribution in [0.3, 0.4) is 0 Å². The molecule has 8 nitrogen and oxygen atoms in total. The zero-order valence-corrected chi connectivity index (χ0v) is 19.5. The minimum Gasteiger partial charge on any atom is -0.377 e. The molecule has 0 spiro atoms. The Hall–Kier alpha value is -3.36. The average Bonchev–Trinajstić information content (AvgIpc) is 3.52. The topological polar surface area (TPSA) is 88.9 Å². The molecule has 2 aromatic heterocycles. The lowest BCUT2D eigenvalue weighted by atomic mass is 10.1. The Morgan fingerprint density at radius 2 is 2.03 bits per heavy atom. The van der Waals surface area contributed by atoms with E-state index in [1.807, 2.05) is 54.1 Å². The van der Waals surface area contributed by atoms with E-state index in [2.05, 4.69) is 37.5 Å². The largest absolute Gasteiger partial charge is 0.377 e. The summed E-state index contributed by atoms with van der Waals surface area (Å²) in [6.45, 7) is 5.30. The molecule has 2 aromatic carbocycles. The summed E-state index contributed by atoms with van der Waals surface area (Å²) in [5.74, 6) is 0.794. The smallest absolute Gasteiger partial charge is 0.252 e. The van der Waals surface area contributed by atoms with Gasteiger partial charge < -0.3 is 9.72 Å². The normalized spacial score (nSPS) is 16.0.